The molecule has 0 aliphatic heterocycles. The fourth-order valence-corrected chi connectivity index (χ4v) is 3.46. The fourth-order valence-electron chi connectivity index (χ4n) is 3.34. The van der Waals surface area contributed by atoms with Crippen molar-refractivity contribution in [1.29, 1.82) is 0 Å². The van der Waals surface area contributed by atoms with Gasteiger partial charge in [0.15, 0.2) is 0 Å². The molecule has 1 heterocycles. The number of nitrogens with one attached hydrogen (secondary N) is 1. The van der Waals surface area contributed by atoms with Gasteiger partial charge in [-0.1, -0.05) is 41.8 Å². The van der Waals surface area contributed by atoms with Crippen LogP contribution in [0, 0.1) is 0 Å². The zero-order valence-corrected chi connectivity index (χ0v) is 15.0. The molecular weight excluding hydrogens is 348 g/mol. The second kappa shape index (κ2) is 7.30. The SMILES string of the molecule is O=C(NC1CCCC1)c1ccc(-n2nncc2-c2ccc(Cl)cc2)cc1. The van der Waals surface area contributed by atoms with E-state index in [1.165, 1.54) is 12.8 Å². The number of carbonyl (C=O) groups excluding carboxylic acids is 1. The topological polar surface area (TPSA) is 59.8 Å². The summed E-state index contributed by atoms with van der Waals surface area (Å²) in [6.45, 7) is 0. The first-order valence-electron chi connectivity index (χ1n) is 8.79. The molecule has 1 amide bonds. The number of hydrogen-bond acceptors (Lipinski definition) is 3. The average Bonchev–Trinajstić information content (AvgIpc) is 3.34. The molecule has 1 fully saturated rings. The third-order valence-electron chi connectivity index (χ3n) is 4.75. The Kier molecular flexibility index (Phi) is 4.71. The van der Waals surface area contributed by atoms with E-state index in [1.807, 2.05) is 48.5 Å². The van der Waals surface area contributed by atoms with Crippen LogP contribution in [0.2, 0.25) is 5.02 Å². The highest BCUT2D eigenvalue weighted by molar-refractivity contribution is 6.30. The third kappa shape index (κ3) is 3.48. The lowest BCUT2D eigenvalue weighted by Gasteiger charge is -2.12. The van der Waals surface area contributed by atoms with E-state index in [4.69, 9.17) is 11.6 Å². The quantitative estimate of drug-likeness (QED) is 0.750. The number of amides is 1. The number of carbonyl (C=O) groups is 1. The molecule has 5 nitrogen and oxygen atoms in total. The van der Waals surface area contributed by atoms with Crippen LogP contribution < -0.4 is 5.32 Å². The average molecular weight is 367 g/mol. The van der Waals surface area contributed by atoms with Gasteiger partial charge in [-0.25, -0.2) is 4.68 Å². The number of hydrogen-bond donors (Lipinski definition) is 1. The summed E-state index contributed by atoms with van der Waals surface area (Å²) in [6, 6.07) is 15.3. The molecule has 6 heteroatoms. The van der Waals surface area contributed by atoms with Crippen LogP contribution in [-0.4, -0.2) is 26.9 Å². The first-order chi connectivity index (χ1) is 12.7. The number of benzene rings is 2. The summed E-state index contributed by atoms with van der Waals surface area (Å²) in [6.07, 6.45) is 6.26. The monoisotopic (exact) mass is 366 g/mol. The molecule has 4 rings (SSSR count). The van der Waals surface area contributed by atoms with E-state index in [-0.39, 0.29) is 5.91 Å². The molecule has 0 bridgehead atoms. The molecule has 1 aliphatic carbocycles. The van der Waals surface area contributed by atoms with Crippen LogP contribution >= 0.6 is 11.6 Å². The lowest BCUT2D eigenvalue weighted by molar-refractivity contribution is 0.0938. The molecule has 1 aliphatic rings. The van der Waals surface area contributed by atoms with E-state index >= 15 is 0 Å². The fraction of sp³-hybridized carbons (Fsp3) is 0.250. The second-order valence-corrected chi connectivity index (χ2v) is 6.98. The van der Waals surface area contributed by atoms with Crippen molar-refractivity contribution in [3.8, 4) is 16.9 Å². The minimum atomic E-state index is -0.0139. The van der Waals surface area contributed by atoms with Crippen LogP contribution in [0.1, 0.15) is 36.0 Å². The zero-order chi connectivity index (χ0) is 17.9. The van der Waals surface area contributed by atoms with Gasteiger partial charge in [-0.3, -0.25) is 4.79 Å². The number of aromatic nitrogens is 3. The van der Waals surface area contributed by atoms with E-state index in [0.717, 1.165) is 29.8 Å². The summed E-state index contributed by atoms with van der Waals surface area (Å²) in [5.74, 6) is -0.0139. The largest absolute Gasteiger partial charge is 0.349 e. The minimum Gasteiger partial charge on any atom is -0.349 e. The van der Waals surface area contributed by atoms with Gasteiger partial charge in [0.2, 0.25) is 0 Å². The van der Waals surface area contributed by atoms with Gasteiger partial charge >= 0.3 is 0 Å². The van der Waals surface area contributed by atoms with E-state index in [1.54, 1.807) is 10.9 Å². The molecule has 132 valence electrons. The van der Waals surface area contributed by atoms with E-state index in [2.05, 4.69) is 15.6 Å². The second-order valence-electron chi connectivity index (χ2n) is 6.54. The summed E-state index contributed by atoms with van der Waals surface area (Å²) in [5, 5.41) is 12.0. The van der Waals surface area contributed by atoms with Gasteiger partial charge in [0.25, 0.3) is 5.91 Å². The standard InChI is InChI=1S/C20H19ClN4O/c21-16-9-5-14(6-10-16)19-13-22-24-25(19)18-11-7-15(8-12-18)20(26)23-17-3-1-2-4-17/h5-13,17H,1-4H2,(H,23,26). The summed E-state index contributed by atoms with van der Waals surface area (Å²) in [5.41, 5.74) is 3.35. The molecule has 0 saturated heterocycles. The summed E-state index contributed by atoms with van der Waals surface area (Å²) in [7, 11) is 0. The van der Waals surface area contributed by atoms with Crippen LogP contribution in [0.5, 0.6) is 0 Å². The minimum absolute atomic E-state index is 0.0139. The molecule has 1 N–H and O–H groups in total. The van der Waals surface area contributed by atoms with Gasteiger partial charge in [-0.05, 0) is 49.2 Å². The highest BCUT2D eigenvalue weighted by atomic mass is 35.5. The molecule has 1 aromatic heterocycles. The Morgan fingerprint density at radius 3 is 2.42 bits per heavy atom. The Balaban J connectivity index is 1.55. The Labute approximate surface area is 157 Å². The van der Waals surface area contributed by atoms with Crippen LogP contribution in [-0.2, 0) is 0 Å². The van der Waals surface area contributed by atoms with Crippen molar-refractivity contribution in [3.63, 3.8) is 0 Å². The Morgan fingerprint density at radius 2 is 1.73 bits per heavy atom. The van der Waals surface area contributed by atoms with Crippen LogP contribution in [0.4, 0.5) is 0 Å². The number of nitrogens with zero attached hydrogens (tertiary/aromatic N) is 3. The number of halogens is 1. The molecule has 0 spiro atoms. The highest BCUT2D eigenvalue weighted by Gasteiger charge is 2.18. The molecule has 26 heavy (non-hydrogen) atoms. The summed E-state index contributed by atoms with van der Waals surface area (Å²) in [4.78, 5) is 12.4. The van der Waals surface area contributed by atoms with Crippen LogP contribution in [0.25, 0.3) is 16.9 Å². The first kappa shape index (κ1) is 16.8. The van der Waals surface area contributed by atoms with Crippen molar-refractivity contribution < 1.29 is 4.79 Å². The van der Waals surface area contributed by atoms with Gasteiger partial charge in [-0.15, -0.1) is 5.10 Å². The van der Waals surface area contributed by atoms with Crippen LogP contribution in [0.15, 0.2) is 54.7 Å². The molecular formula is C20H19ClN4O. The molecule has 0 radical (unpaired) electrons. The van der Waals surface area contributed by atoms with E-state index < -0.39 is 0 Å². The maximum absolute atomic E-state index is 12.4. The highest BCUT2D eigenvalue weighted by Crippen LogP contribution is 2.23. The summed E-state index contributed by atoms with van der Waals surface area (Å²) < 4.78 is 1.75. The maximum Gasteiger partial charge on any atom is 0.251 e. The predicted octanol–water partition coefficient (Wildman–Crippen LogP) is 4.26. The van der Waals surface area contributed by atoms with Crippen molar-refractivity contribution in [2.45, 2.75) is 31.7 Å². The van der Waals surface area contributed by atoms with Gasteiger partial charge in [0, 0.05) is 22.2 Å². The lowest BCUT2D eigenvalue weighted by Crippen LogP contribution is -2.32. The lowest BCUT2D eigenvalue weighted by atomic mass is 10.1. The molecule has 2 aromatic carbocycles. The maximum atomic E-state index is 12.4. The molecule has 0 atom stereocenters. The van der Waals surface area contributed by atoms with Gasteiger partial charge in [-0.2, -0.15) is 0 Å². The van der Waals surface area contributed by atoms with Gasteiger partial charge < -0.3 is 5.32 Å². The van der Waals surface area contributed by atoms with Gasteiger partial charge in [0.1, 0.15) is 0 Å². The van der Waals surface area contributed by atoms with E-state index in [0.29, 0.717) is 16.6 Å². The zero-order valence-electron chi connectivity index (χ0n) is 14.2. The molecule has 0 unspecified atom stereocenters. The van der Waals surface area contributed by atoms with E-state index in [9.17, 15) is 4.79 Å². The number of rotatable bonds is 4. The molecule has 3 aromatic rings. The van der Waals surface area contributed by atoms with Crippen molar-refractivity contribution in [2.24, 2.45) is 0 Å². The summed E-state index contributed by atoms with van der Waals surface area (Å²) >= 11 is 5.96. The Hall–Kier alpha value is -2.66. The first-order valence-corrected chi connectivity index (χ1v) is 9.16. The van der Waals surface area contributed by atoms with Crippen molar-refractivity contribution in [1.82, 2.24) is 20.3 Å². The third-order valence-corrected chi connectivity index (χ3v) is 5.01. The van der Waals surface area contributed by atoms with Gasteiger partial charge in [0.05, 0.1) is 17.6 Å². The molecule has 1 saturated carbocycles. The smallest absolute Gasteiger partial charge is 0.251 e. The van der Waals surface area contributed by atoms with Crippen molar-refractivity contribution in [3.05, 3.63) is 65.3 Å². The Morgan fingerprint density at radius 1 is 1.04 bits per heavy atom. The van der Waals surface area contributed by atoms with Crippen molar-refractivity contribution >= 4 is 17.5 Å². The predicted molar refractivity (Wildman–Crippen MR) is 102 cm³/mol. The normalized spacial score (nSPS) is 14.5. The van der Waals surface area contributed by atoms with Crippen molar-refractivity contribution in [2.75, 3.05) is 0 Å². The van der Waals surface area contributed by atoms with Crippen LogP contribution in [0.3, 0.4) is 0 Å². The Bertz CT molecular complexity index is 896.